The number of carbonyl (C=O) groups excluding carboxylic acids is 11. The van der Waals surface area contributed by atoms with Gasteiger partial charge in [-0.05, 0) is 108 Å². The Balaban J connectivity index is 3.05. The van der Waals surface area contributed by atoms with Crippen LogP contribution in [0, 0.1) is 41.4 Å². The Labute approximate surface area is 557 Å². The largest absolute Gasteiger partial charge is 0.390 e. The molecule has 2 aliphatic heterocycles. The van der Waals surface area contributed by atoms with Crippen molar-refractivity contribution in [2.24, 2.45) is 41.4 Å². The van der Waals surface area contributed by atoms with E-state index in [9.17, 15) is 29.1 Å². The Hall–Kier alpha value is -6.21. The van der Waals surface area contributed by atoms with Crippen LogP contribution in [-0.4, -0.2) is 275 Å². The molecule has 0 aromatic heterocycles. The number of aliphatic hydroxyl groups is 1. The number of likely N-dealkylation sites (N-methyl/N-ethyl adjacent to an activating group) is 8. The van der Waals surface area contributed by atoms with Crippen LogP contribution in [0.5, 0.6) is 0 Å². The Bertz CT molecular complexity index is 2560. The third-order valence-corrected chi connectivity index (χ3v) is 18.8. The quantitative estimate of drug-likeness (QED) is 0.131. The molecular formula is C68H123N13O12. The molecule has 11 amide bonds. The summed E-state index contributed by atoms with van der Waals surface area (Å²) in [6.45, 7) is 36.0. The lowest BCUT2D eigenvalue weighted by Gasteiger charge is -2.41. The molecule has 0 saturated carbocycles. The summed E-state index contributed by atoms with van der Waals surface area (Å²) in [6.07, 6.45) is 2.86. The Kier molecular flexibility index (Phi) is 33.7. The molecule has 532 valence electrons. The molecule has 2 fully saturated rings. The number of hydrogen-bond donors (Lipinski definition) is 5. The molecule has 0 aromatic carbocycles. The zero-order valence-electron chi connectivity index (χ0n) is 61.4. The standard InChI is InChI=1S/C68H123N13O12/c1-26-29-30-44(14)57(82)56-61(86)71-49(27-2)64(89)73(19)48(18)63(88)78(24)55(45(15)38-81-33-31-80(28-3)32-34-81)60(85)72-53(42(10)11)67(92)74(20)50(35-39(4)5)59(84)69-46(16)58(83)70-47(17)62(87)75(21)51(36-40(6)7)65(90)76(22)52(37-41(8)9)66(91)77(23)54(43(12)13)68(93)79(56)25/h26,29,39-57,82H,27-28,30-38H2,1-25H3,(H,69,84)(H,70,83)(H,71,86)(H,72,85)/b29-26+/t44-,45-,46+,47-,48-,49+,50+,51+,52+,53+,54+,55+,56+,57-/m1/s1. The summed E-state index contributed by atoms with van der Waals surface area (Å²) in [5.41, 5.74) is 0. The molecule has 5 N–H and O–H groups in total. The number of carbonyl (C=O) groups is 11. The maximum absolute atomic E-state index is 15.3. The van der Waals surface area contributed by atoms with E-state index in [0.717, 1.165) is 24.5 Å². The van der Waals surface area contributed by atoms with Crippen LogP contribution in [0.2, 0.25) is 0 Å². The highest BCUT2D eigenvalue weighted by Crippen LogP contribution is 2.26. The first-order valence-corrected chi connectivity index (χ1v) is 34.0. The van der Waals surface area contributed by atoms with Crippen molar-refractivity contribution in [3.05, 3.63) is 12.2 Å². The fraction of sp³-hybridized carbons (Fsp3) is 0.809. The van der Waals surface area contributed by atoms with Gasteiger partial charge in [0.2, 0.25) is 65.0 Å². The van der Waals surface area contributed by atoms with Crippen molar-refractivity contribution in [2.75, 3.05) is 88.6 Å². The molecule has 0 unspecified atom stereocenters. The zero-order chi connectivity index (χ0) is 71.5. The van der Waals surface area contributed by atoms with Gasteiger partial charge >= 0.3 is 0 Å². The molecule has 0 aromatic rings. The minimum absolute atomic E-state index is 0.0107. The first kappa shape index (κ1) is 82.9. The maximum atomic E-state index is 15.3. The SMILES string of the molecule is C/C=C/C[C@@H](C)[C@@H](O)[C@H]1C(=O)N[C@@H](CC)C(=O)N(C)[C@H](C)C(=O)N(C)[C@@H]([C@H](C)CN2CCN(CC)CC2)C(=O)N[C@@H](C(C)C)C(=O)N(C)[C@@H](CC(C)C)C(=O)N[C@@H](C)C(=O)N[C@H](C)C(=O)N(C)[C@@H](CC(C)C)C(=O)N(C)[C@@H](CC(C)C)C(=O)N(C)[C@@H](C(C)C)C(=O)N1C. The number of rotatable bonds is 17. The lowest BCUT2D eigenvalue weighted by Crippen LogP contribution is -2.64. The summed E-state index contributed by atoms with van der Waals surface area (Å²) in [5.74, 6) is -10.2. The lowest BCUT2D eigenvalue weighted by atomic mass is 9.91. The molecule has 93 heavy (non-hydrogen) atoms. The van der Waals surface area contributed by atoms with Crippen LogP contribution in [0.3, 0.4) is 0 Å². The first-order valence-electron chi connectivity index (χ1n) is 34.0. The molecule has 0 radical (unpaired) electrons. The summed E-state index contributed by atoms with van der Waals surface area (Å²) in [6, 6.07) is -13.8. The fourth-order valence-corrected chi connectivity index (χ4v) is 12.6. The highest BCUT2D eigenvalue weighted by Gasteiger charge is 2.47. The predicted molar refractivity (Wildman–Crippen MR) is 361 cm³/mol. The topological polar surface area (TPSA) is 285 Å². The smallest absolute Gasteiger partial charge is 0.246 e. The van der Waals surface area contributed by atoms with Crippen molar-refractivity contribution in [3.8, 4) is 0 Å². The number of piperazine rings is 1. The van der Waals surface area contributed by atoms with Crippen molar-refractivity contribution in [1.29, 1.82) is 0 Å². The van der Waals surface area contributed by atoms with Gasteiger partial charge < -0.3 is 70.5 Å². The van der Waals surface area contributed by atoms with E-state index in [2.05, 4.69) is 38.0 Å². The number of hydrogen-bond acceptors (Lipinski definition) is 14. The normalized spacial score (nSPS) is 28.1. The molecule has 0 spiro atoms. The summed E-state index contributed by atoms with van der Waals surface area (Å²) < 4.78 is 0. The summed E-state index contributed by atoms with van der Waals surface area (Å²) in [4.78, 5) is 177. The molecule has 25 heteroatoms. The molecule has 2 aliphatic rings. The van der Waals surface area contributed by atoms with Crippen LogP contribution in [0.25, 0.3) is 0 Å². The third-order valence-electron chi connectivity index (χ3n) is 18.8. The van der Waals surface area contributed by atoms with Crippen molar-refractivity contribution < 1.29 is 57.8 Å². The average Bonchev–Trinajstić information content (AvgIpc) is 0.822. The summed E-state index contributed by atoms with van der Waals surface area (Å²) in [5, 5.41) is 23.4. The molecule has 2 saturated heterocycles. The van der Waals surface area contributed by atoms with Gasteiger partial charge in [-0.25, -0.2) is 0 Å². The summed E-state index contributed by atoms with van der Waals surface area (Å²) in [7, 11) is 10.1. The first-order chi connectivity index (χ1) is 43.1. The molecule has 0 bridgehead atoms. The van der Waals surface area contributed by atoms with Crippen LogP contribution in [0.15, 0.2) is 12.2 Å². The van der Waals surface area contributed by atoms with E-state index in [1.807, 2.05) is 61.5 Å². The average molecular weight is 1310 g/mol. The van der Waals surface area contributed by atoms with Gasteiger partial charge in [0.25, 0.3) is 0 Å². The number of allylic oxidation sites excluding steroid dienone is 2. The van der Waals surface area contributed by atoms with Crippen LogP contribution in [-0.2, 0) is 52.7 Å². The van der Waals surface area contributed by atoms with Crippen LogP contribution >= 0.6 is 0 Å². The molecule has 2 heterocycles. The molecule has 2 rings (SSSR count). The van der Waals surface area contributed by atoms with Crippen molar-refractivity contribution in [3.63, 3.8) is 0 Å². The third kappa shape index (κ3) is 22.5. The number of aliphatic hydroxyl groups excluding tert-OH is 1. The van der Waals surface area contributed by atoms with Crippen molar-refractivity contribution >= 4 is 65.0 Å². The minimum Gasteiger partial charge on any atom is -0.390 e. The number of amides is 11. The monoisotopic (exact) mass is 1310 g/mol. The van der Waals surface area contributed by atoms with Gasteiger partial charge in [-0.1, -0.05) is 109 Å². The molecule has 0 aliphatic carbocycles. The Morgan fingerprint density at radius 2 is 0.892 bits per heavy atom. The predicted octanol–water partition coefficient (Wildman–Crippen LogP) is 2.88. The second kappa shape index (κ2) is 37.8. The zero-order valence-corrected chi connectivity index (χ0v) is 61.4. The van der Waals surface area contributed by atoms with E-state index < -0.39 is 161 Å². The fourth-order valence-electron chi connectivity index (χ4n) is 12.6. The molecule has 14 atom stereocenters. The van der Waals surface area contributed by atoms with Gasteiger partial charge in [-0.3, -0.25) is 52.7 Å². The van der Waals surface area contributed by atoms with Crippen molar-refractivity contribution in [2.45, 2.75) is 229 Å². The Morgan fingerprint density at radius 1 is 0.452 bits per heavy atom. The van der Waals surface area contributed by atoms with E-state index in [1.54, 1.807) is 47.6 Å². The van der Waals surface area contributed by atoms with Crippen molar-refractivity contribution in [1.82, 2.24) is 65.4 Å². The Morgan fingerprint density at radius 3 is 1.37 bits per heavy atom. The second-order valence-electron chi connectivity index (χ2n) is 28.5. The van der Waals surface area contributed by atoms with Gasteiger partial charge in [0.1, 0.15) is 66.5 Å². The van der Waals surface area contributed by atoms with Gasteiger partial charge in [0.15, 0.2) is 0 Å². The minimum atomic E-state index is -1.63. The van der Waals surface area contributed by atoms with Gasteiger partial charge in [-0.2, -0.15) is 0 Å². The van der Waals surface area contributed by atoms with E-state index in [0.29, 0.717) is 26.1 Å². The van der Waals surface area contributed by atoms with Crippen LogP contribution in [0.4, 0.5) is 0 Å². The van der Waals surface area contributed by atoms with E-state index in [-0.39, 0.29) is 43.4 Å². The highest BCUT2D eigenvalue weighted by molar-refractivity contribution is 6.00. The molecular weight excluding hydrogens is 1190 g/mol. The maximum Gasteiger partial charge on any atom is 0.246 e. The summed E-state index contributed by atoms with van der Waals surface area (Å²) >= 11 is 0. The van der Waals surface area contributed by atoms with E-state index >= 15 is 28.8 Å². The van der Waals surface area contributed by atoms with Gasteiger partial charge in [0, 0.05) is 82.1 Å². The number of nitrogens with zero attached hydrogens (tertiary/aromatic N) is 9. The van der Waals surface area contributed by atoms with Crippen LogP contribution < -0.4 is 21.3 Å². The van der Waals surface area contributed by atoms with Gasteiger partial charge in [0.05, 0.1) is 6.10 Å². The number of nitrogens with one attached hydrogen (secondary N) is 4. The second-order valence-corrected chi connectivity index (χ2v) is 28.5. The van der Waals surface area contributed by atoms with E-state index in [4.69, 9.17) is 0 Å². The molecule has 25 nitrogen and oxygen atoms in total. The lowest BCUT2D eigenvalue weighted by molar-refractivity contribution is -0.157. The highest BCUT2D eigenvalue weighted by atomic mass is 16.3. The van der Waals surface area contributed by atoms with Crippen LogP contribution in [0.1, 0.15) is 157 Å². The van der Waals surface area contributed by atoms with Gasteiger partial charge in [-0.15, -0.1) is 0 Å². The van der Waals surface area contributed by atoms with E-state index in [1.165, 1.54) is 99.5 Å².